The minimum atomic E-state index is -0.400. The molecule has 5 aromatic carbocycles. The van der Waals surface area contributed by atoms with E-state index in [1.165, 1.54) is 19.3 Å². The summed E-state index contributed by atoms with van der Waals surface area (Å²) < 4.78 is 36.4. The first-order valence-corrected chi connectivity index (χ1v) is 25.7. The quantitative estimate of drug-likeness (QED) is 0.0512. The predicted molar refractivity (Wildman–Crippen MR) is 287 cm³/mol. The molecule has 0 saturated carbocycles. The number of fused-ring (bicyclic) bond motifs is 8. The van der Waals surface area contributed by atoms with Crippen molar-refractivity contribution in [2.24, 2.45) is 4.99 Å². The number of methoxy groups -OCH3 is 2. The summed E-state index contributed by atoms with van der Waals surface area (Å²) in [6, 6.07) is 28.7. The average molecular weight is 1030 g/mol. The fourth-order valence-corrected chi connectivity index (χ4v) is 10.4. The van der Waals surface area contributed by atoms with Crippen LogP contribution < -0.4 is 44.3 Å². The smallest absolute Gasteiger partial charge is 0.261 e. The Morgan fingerprint density at radius 1 is 0.724 bits per heavy atom. The Morgan fingerprint density at radius 2 is 1.37 bits per heavy atom. The van der Waals surface area contributed by atoms with Gasteiger partial charge in [-0.15, -0.1) is 0 Å². The van der Waals surface area contributed by atoms with E-state index in [9.17, 15) is 24.0 Å². The summed E-state index contributed by atoms with van der Waals surface area (Å²) in [5, 5.41) is 6.35. The van der Waals surface area contributed by atoms with Crippen molar-refractivity contribution in [1.29, 1.82) is 0 Å². The van der Waals surface area contributed by atoms with Crippen LogP contribution in [-0.4, -0.2) is 126 Å². The molecule has 0 aliphatic carbocycles. The summed E-state index contributed by atoms with van der Waals surface area (Å²) in [6.07, 6.45) is 6.34. The van der Waals surface area contributed by atoms with Crippen LogP contribution in [-0.2, 0) is 49.9 Å². The lowest BCUT2D eigenvalue weighted by atomic mass is 10.1. The number of aliphatic imine (C=N–C) groups is 1. The maximum atomic E-state index is 14.2. The van der Waals surface area contributed by atoms with E-state index >= 15 is 0 Å². The van der Waals surface area contributed by atoms with E-state index in [4.69, 9.17) is 33.4 Å². The van der Waals surface area contributed by atoms with Crippen LogP contribution in [0.15, 0.2) is 108 Å². The third kappa shape index (κ3) is 10.9. The lowest BCUT2D eigenvalue weighted by molar-refractivity contribution is -0.137. The number of amides is 5. The van der Waals surface area contributed by atoms with E-state index in [2.05, 4.69) is 21.6 Å². The molecule has 0 bridgehead atoms. The molecule has 5 heterocycles. The molecule has 76 heavy (non-hydrogen) atoms. The number of anilines is 4. The monoisotopic (exact) mass is 1030 g/mol. The maximum Gasteiger partial charge on any atom is 0.261 e. The van der Waals surface area contributed by atoms with E-state index < -0.39 is 11.8 Å². The normalized spacial score (nSPS) is 16.8. The first kappa shape index (κ1) is 51.3. The highest BCUT2D eigenvalue weighted by Gasteiger charge is 2.39. The molecule has 18 heteroatoms. The molecular weight excluding hydrogens is 971 g/mol. The van der Waals surface area contributed by atoms with Crippen molar-refractivity contribution in [3.63, 3.8) is 0 Å². The average Bonchev–Trinajstić information content (AvgIpc) is 4.07. The molecule has 5 aliphatic rings. The Hall–Kier alpha value is -8.22. The lowest BCUT2D eigenvalue weighted by Gasteiger charge is -2.26. The molecule has 0 fully saturated rings. The molecule has 0 spiro atoms. The Morgan fingerprint density at radius 3 is 2.08 bits per heavy atom. The Kier molecular flexibility index (Phi) is 15.6. The van der Waals surface area contributed by atoms with Gasteiger partial charge in [-0.05, 0) is 84.5 Å². The molecule has 5 aliphatic heterocycles. The van der Waals surface area contributed by atoms with Crippen LogP contribution in [0, 0.1) is 0 Å². The second kappa shape index (κ2) is 23.1. The van der Waals surface area contributed by atoms with E-state index in [1.807, 2.05) is 84.8 Å². The third-order valence-corrected chi connectivity index (χ3v) is 14.1. The zero-order chi connectivity index (χ0) is 52.7. The van der Waals surface area contributed by atoms with Gasteiger partial charge in [-0.1, -0.05) is 36.4 Å². The summed E-state index contributed by atoms with van der Waals surface area (Å²) in [4.78, 5) is 77.2. The van der Waals surface area contributed by atoms with Crippen LogP contribution in [0.3, 0.4) is 0 Å². The summed E-state index contributed by atoms with van der Waals surface area (Å²) in [6.45, 7) is 5.65. The van der Waals surface area contributed by atoms with Crippen molar-refractivity contribution in [2.45, 2.75) is 57.9 Å². The fraction of sp³-hybridized carbons (Fsp3) is 0.345. The van der Waals surface area contributed by atoms with E-state index in [1.54, 1.807) is 30.2 Å². The minimum absolute atomic E-state index is 0.0447. The molecule has 0 saturated heterocycles. The zero-order valence-corrected chi connectivity index (χ0v) is 42.9. The number of nitrogens with zero attached hydrogens (tertiary/aromatic N) is 5. The largest absolute Gasteiger partial charge is 0.493 e. The van der Waals surface area contributed by atoms with Gasteiger partial charge in [-0.3, -0.25) is 38.8 Å². The Labute approximate surface area is 441 Å². The fourth-order valence-electron chi connectivity index (χ4n) is 10.4. The van der Waals surface area contributed by atoms with Crippen molar-refractivity contribution in [3.8, 4) is 23.0 Å². The number of hydrogen-bond donors (Lipinski definition) is 2. The molecule has 0 radical (unpaired) electrons. The van der Waals surface area contributed by atoms with Crippen LogP contribution in [0.4, 0.5) is 28.4 Å². The highest BCUT2D eigenvalue weighted by atomic mass is 16.5. The number of para-hydroxylation sites is 2. The first-order valence-electron chi connectivity index (χ1n) is 25.7. The molecule has 0 aromatic heterocycles. The molecule has 5 aromatic rings. The van der Waals surface area contributed by atoms with Gasteiger partial charge in [0.15, 0.2) is 23.0 Å². The van der Waals surface area contributed by atoms with E-state index in [0.717, 1.165) is 50.6 Å². The van der Waals surface area contributed by atoms with Crippen molar-refractivity contribution in [2.75, 3.05) is 93.4 Å². The SMILES string of the molecule is CCOCCOCCN(CCCC(=O)NCCN1C(=O)C=CC1=O)c1cc(COc2cc3c(cc2OC)C(=O)N2c4ccccc4C[C@H]2C=N3)cc(COc2cc3c(cc2OC)C(=O)N2c4ccccc4C[C@H]2CN3)c1. The Balaban J connectivity index is 0.911. The zero-order valence-electron chi connectivity index (χ0n) is 42.9. The number of hydrogen-bond acceptors (Lipinski definition) is 14. The molecule has 0 unspecified atom stereocenters. The molecule has 2 N–H and O–H groups in total. The number of ether oxygens (including phenoxy) is 6. The second-order valence-electron chi connectivity index (χ2n) is 19.0. The summed E-state index contributed by atoms with van der Waals surface area (Å²) >= 11 is 0. The molecule has 5 amide bonds. The summed E-state index contributed by atoms with van der Waals surface area (Å²) in [5.41, 5.74) is 8.42. The van der Waals surface area contributed by atoms with Crippen molar-refractivity contribution in [3.05, 3.63) is 137 Å². The van der Waals surface area contributed by atoms with Gasteiger partial charge in [-0.2, -0.15) is 0 Å². The van der Waals surface area contributed by atoms with Crippen LogP contribution in [0.25, 0.3) is 0 Å². The Bertz CT molecular complexity index is 3090. The van der Waals surface area contributed by atoms with Gasteiger partial charge in [0, 0.05) is 99.7 Å². The standard InChI is InChI=1S/C58H61N7O11/c1-4-73-22-23-74-21-20-62(18-9-14-54(66)59-17-19-63-55(67)15-16-56(63)68)41-25-37(35-75-52-31-46-44(29-50(52)71-2)57(69)64-42(33-60-46)27-39-10-5-7-12-48(39)64)24-38(26-41)36-76-53-32-47-45(30-51(53)72-3)58(70)65-43(34-61-47)28-40-11-6-8-13-49(40)65/h5-8,10-13,15-16,24-26,29-33,42-43,61H,4,9,14,17-23,27-28,34-36H2,1-3H3,(H,59,66)/t42-,43-/m0/s1. The van der Waals surface area contributed by atoms with Crippen LogP contribution in [0.5, 0.6) is 23.0 Å². The van der Waals surface area contributed by atoms with Gasteiger partial charge in [0.2, 0.25) is 5.91 Å². The lowest BCUT2D eigenvalue weighted by Crippen LogP contribution is -2.39. The molecule has 394 valence electrons. The van der Waals surface area contributed by atoms with Crippen LogP contribution >= 0.6 is 0 Å². The van der Waals surface area contributed by atoms with Gasteiger partial charge in [-0.25, -0.2) is 0 Å². The molecule has 18 nitrogen and oxygen atoms in total. The van der Waals surface area contributed by atoms with Gasteiger partial charge < -0.3 is 48.9 Å². The van der Waals surface area contributed by atoms with Crippen molar-refractivity contribution >= 4 is 64.2 Å². The van der Waals surface area contributed by atoms with Gasteiger partial charge in [0.1, 0.15) is 13.2 Å². The number of rotatable bonds is 23. The number of nitrogens with one attached hydrogen (secondary N) is 2. The topological polar surface area (TPSA) is 190 Å². The predicted octanol–water partition coefficient (Wildman–Crippen LogP) is 6.83. The number of carbonyl (C=O) groups excluding carboxylic acids is 5. The minimum Gasteiger partial charge on any atom is -0.493 e. The number of benzene rings is 5. The van der Waals surface area contributed by atoms with Gasteiger partial charge >= 0.3 is 0 Å². The summed E-state index contributed by atoms with van der Waals surface area (Å²) in [5.74, 6) is 0.333. The number of imide groups is 1. The maximum absolute atomic E-state index is 14.2. The van der Waals surface area contributed by atoms with Gasteiger partial charge in [0.25, 0.3) is 23.6 Å². The third-order valence-electron chi connectivity index (χ3n) is 14.1. The van der Waals surface area contributed by atoms with E-state index in [-0.39, 0.29) is 62.5 Å². The van der Waals surface area contributed by atoms with Crippen LogP contribution in [0.2, 0.25) is 0 Å². The highest BCUT2D eigenvalue weighted by Crippen LogP contribution is 2.43. The molecule has 10 rings (SSSR count). The van der Waals surface area contributed by atoms with Crippen molar-refractivity contribution < 1.29 is 52.4 Å². The van der Waals surface area contributed by atoms with E-state index in [0.29, 0.717) is 104 Å². The molecule has 2 atom stereocenters. The van der Waals surface area contributed by atoms with Crippen molar-refractivity contribution in [1.82, 2.24) is 10.2 Å². The highest BCUT2D eigenvalue weighted by molar-refractivity contribution is 6.15. The molecular formula is C58H61N7O11. The van der Waals surface area contributed by atoms with Crippen LogP contribution in [0.1, 0.15) is 62.7 Å². The number of carbonyl (C=O) groups is 5. The second-order valence-corrected chi connectivity index (χ2v) is 19.0. The first-order chi connectivity index (χ1) is 37.1. The summed E-state index contributed by atoms with van der Waals surface area (Å²) in [7, 11) is 3.09. The van der Waals surface area contributed by atoms with Gasteiger partial charge in [0.05, 0.1) is 68.6 Å².